The van der Waals surface area contributed by atoms with Gasteiger partial charge in [0.05, 0.1) is 11.4 Å². The van der Waals surface area contributed by atoms with Crippen LogP contribution in [0.3, 0.4) is 0 Å². The molecule has 0 saturated heterocycles. The molecule has 0 radical (unpaired) electrons. The Bertz CT molecular complexity index is 813. The van der Waals surface area contributed by atoms with Crippen molar-refractivity contribution < 1.29 is 0 Å². The highest BCUT2D eigenvalue weighted by atomic mass is 32.1. The molecule has 0 N–H and O–H groups in total. The predicted octanol–water partition coefficient (Wildman–Crippen LogP) is 3.47. The zero-order chi connectivity index (χ0) is 15.6. The lowest BCUT2D eigenvalue weighted by molar-refractivity contribution is 0.242. The van der Waals surface area contributed by atoms with Crippen LogP contribution >= 0.6 is 11.3 Å². The standard InChI is InChI=1S/C18H18N4S/c1-13-17(23-18(21-13)14-5-3-2-4-6-14)11-22-8-7-15-9-19-12-20-16(15)10-22/h2-6,9,12H,7-8,10-11H2,1H3. The van der Waals surface area contributed by atoms with Gasteiger partial charge < -0.3 is 0 Å². The highest BCUT2D eigenvalue weighted by molar-refractivity contribution is 7.15. The molecule has 0 bridgehead atoms. The number of hydrogen-bond acceptors (Lipinski definition) is 5. The summed E-state index contributed by atoms with van der Waals surface area (Å²) in [5.74, 6) is 0. The van der Waals surface area contributed by atoms with Crippen molar-refractivity contribution in [2.75, 3.05) is 6.54 Å². The van der Waals surface area contributed by atoms with Crippen LogP contribution in [-0.2, 0) is 19.5 Å². The van der Waals surface area contributed by atoms with E-state index in [1.807, 2.05) is 12.3 Å². The van der Waals surface area contributed by atoms with E-state index in [0.717, 1.165) is 42.5 Å². The van der Waals surface area contributed by atoms with Crippen molar-refractivity contribution >= 4 is 11.3 Å². The summed E-state index contributed by atoms with van der Waals surface area (Å²) in [7, 11) is 0. The van der Waals surface area contributed by atoms with Gasteiger partial charge in [-0.05, 0) is 18.9 Å². The maximum atomic E-state index is 4.76. The molecule has 0 saturated carbocycles. The average molecular weight is 322 g/mol. The second kappa shape index (κ2) is 6.18. The fourth-order valence-corrected chi connectivity index (χ4v) is 4.03. The molecule has 1 aromatic carbocycles. The summed E-state index contributed by atoms with van der Waals surface area (Å²) < 4.78 is 0. The molecule has 3 aromatic rings. The lowest BCUT2D eigenvalue weighted by Crippen LogP contribution is -2.30. The molecule has 23 heavy (non-hydrogen) atoms. The highest BCUT2D eigenvalue weighted by Crippen LogP contribution is 2.29. The summed E-state index contributed by atoms with van der Waals surface area (Å²) >= 11 is 1.80. The van der Waals surface area contributed by atoms with Gasteiger partial charge in [-0.3, -0.25) is 4.90 Å². The topological polar surface area (TPSA) is 41.9 Å². The largest absolute Gasteiger partial charge is 0.292 e. The van der Waals surface area contributed by atoms with Gasteiger partial charge in [-0.25, -0.2) is 15.0 Å². The maximum absolute atomic E-state index is 4.76. The fourth-order valence-electron chi connectivity index (χ4n) is 2.92. The van der Waals surface area contributed by atoms with Crippen LogP contribution in [0.5, 0.6) is 0 Å². The van der Waals surface area contributed by atoms with Crippen LogP contribution in [0.4, 0.5) is 0 Å². The fraction of sp³-hybridized carbons (Fsp3) is 0.278. The van der Waals surface area contributed by atoms with E-state index in [1.165, 1.54) is 16.0 Å². The molecular formula is C18H18N4S. The van der Waals surface area contributed by atoms with Gasteiger partial charge in [0.2, 0.25) is 0 Å². The number of benzene rings is 1. The van der Waals surface area contributed by atoms with Crippen LogP contribution in [0.2, 0.25) is 0 Å². The van der Waals surface area contributed by atoms with Crippen LogP contribution in [0, 0.1) is 6.92 Å². The first kappa shape index (κ1) is 14.5. The molecule has 4 nitrogen and oxygen atoms in total. The quantitative estimate of drug-likeness (QED) is 0.740. The van der Waals surface area contributed by atoms with Crippen molar-refractivity contribution in [3.8, 4) is 10.6 Å². The summed E-state index contributed by atoms with van der Waals surface area (Å²) in [6, 6.07) is 10.4. The average Bonchev–Trinajstić information content (AvgIpc) is 2.96. The molecule has 5 heteroatoms. The van der Waals surface area contributed by atoms with Gasteiger partial charge >= 0.3 is 0 Å². The Morgan fingerprint density at radius 1 is 1.22 bits per heavy atom. The van der Waals surface area contributed by atoms with Crippen LogP contribution in [0.25, 0.3) is 10.6 Å². The van der Waals surface area contributed by atoms with Gasteiger partial charge in [0.1, 0.15) is 11.3 Å². The molecule has 0 unspecified atom stereocenters. The van der Waals surface area contributed by atoms with E-state index >= 15 is 0 Å². The zero-order valence-electron chi connectivity index (χ0n) is 13.1. The highest BCUT2D eigenvalue weighted by Gasteiger charge is 2.19. The molecule has 3 heterocycles. The van der Waals surface area contributed by atoms with Gasteiger partial charge in [-0.15, -0.1) is 11.3 Å². The first-order valence-corrected chi connectivity index (χ1v) is 8.63. The van der Waals surface area contributed by atoms with Crippen LogP contribution in [0.1, 0.15) is 21.8 Å². The van der Waals surface area contributed by atoms with Crippen molar-refractivity contribution in [3.05, 3.63) is 64.7 Å². The number of aryl methyl sites for hydroxylation is 1. The molecule has 2 aromatic heterocycles. The summed E-state index contributed by atoms with van der Waals surface area (Å²) in [4.78, 5) is 17.1. The normalized spacial score (nSPS) is 14.7. The predicted molar refractivity (Wildman–Crippen MR) is 92.1 cm³/mol. The SMILES string of the molecule is Cc1nc(-c2ccccc2)sc1CN1CCc2cncnc2C1. The Hall–Kier alpha value is -2.11. The van der Waals surface area contributed by atoms with Crippen LogP contribution in [0.15, 0.2) is 42.9 Å². The van der Waals surface area contributed by atoms with Crippen LogP contribution in [-0.4, -0.2) is 26.4 Å². The second-order valence-electron chi connectivity index (χ2n) is 5.85. The first-order chi connectivity index (χ1) is 11.3. The van der Waals surface area contributed by atoms with Crippen molar-refractivity contribution in [1.82, 2.24) is 19.9 Å². The first-order valence-electron chi connectivity index (χ1n) is 7.81. The number of nitrogens with zero attached hydrogens (tertiary/aromatic N) is 4. The minimum atomic E-state index is 0.899. The van der Waals surface area contributed by atoms with E-state index < -0.39 is 0 Å². The van der Waals surface area contributed by atoms with E-state index in [1.54, 1.807) is 17.7 Å². The van der Waals surface area contributed by atoms with Gasteiger partial charge in [-0.1, -0.05) is 30.3 Å². The Kier molecular flexibility index (Phi) is 3.89. The third kappa shape index (κ3) is 3.02. The molecule has 0 aliphatic carbocycles. The minimum Gasteiger partial charge on any atom is -0.292 e. The molecule has 0 spiro atoms. The zero-order valence-corrected chi connectivity index (χ0v) is 13.9. The van der Waals surface area contributed by atoms with E-state index in [-0.39, 0.29) is 0 Å². The Morgan fingerprint density at radius 3 is 2.96 bits per heavy atom. The lowest BCUT2D eigenvalue weighted by Gasteiger charge is -2.27. The van der Waals surface area contributed by atoms with E-state index in [4.69, 9.17) is 4.98 Å². The van der Waals surface area contributed by atoms with Crippen molar-refractivity contribution in [2.45, 2.75) is 26.4 Å². The lowest BCUT2D eigenvalue weighted by atomic mass is 10.1. The molecular weight excluding hydrogens is 304 g/mol. The molecule has 116 valence electrons. The molecule has 0 atom stereocenters. The van der Waals surface area contributed by atoms with Crippen molar-refractivity contribution in [1.29, 1.82) is 0 Å². The molecule has 1 aliphatic rings. The molecule has 0 fully saturated rings. The summed E-state index contributed by atoms with van der Waals surface area (Å²) in [6.45, 7) is 5.01. The second-order valence-corrected chi connectivity index (χ2v) is 6.93. The monoisotopic (exact) mass is 322 g/mol. The van der Waals surface area contributed by atoms with Gasteiger partial charge in [-0.2, -0.15) is 0 Å². The van der Waals surface area contributed by atoms with Crippen molar-refractivity contribution in [3.63, 3.8) is 0 Å². The minimum absolute atomic E-state index is 0.899. The molecule has 1 aliphatic heterocycles. The molecule has 0 amide bonds. The Labute approximate surface area is 139 Å². The van der Waals surface area contributed by atoms with E-state index in [2.05, 4.69) is 46.1 Å². The van der Waals surface area contributed by atoms with E-state index in [0.29, 0.717) is 0 Å². The van der Waals surface area contributed by atoms with Gasteiger partial charge in [0.15, 0.2) is 0 Å². The number of aromatic nitrogens is 3. The van der Waals surface area contributed by atoms with Gasteiger partial charge in [0.25, 0.3) is 0 Å². The summed E-state index contributed by atoms with van der Waals surface area (Å²) in [6.07, 6.45) is 4.62. The Morgan fingerprint density at radius 2 is 2.09 bits per heavy atom. The Balaban J connectivity index is 1.53. The summed E-state index contributed by atoms with van der Waals surface area (Å²) in [5.41, 5.74) is 4.79. The number of rotatable bonds is 3. The van der Waals surface area contributed by atoms with Gasteiger partial charge in [0, 0.05) is 36.3 Å². The molecule has 4 rings (SSSR count). The summed E-state index contributed by atoms with van der Waals surface area (Å²) in [5, 5.41) is 1.11. The maximum Gasteiger partial charge on any atom is 0.123 e. The smallest absolute Gasteiger partial charge is 0.123 e. The van der Waals surface area contributed by atoms with E-state index in [9.17, 15) is 0 Å². The third-order valence-corrected chi connectivity index (χ3v) is 5.42. The third-order valence-electron chi connectivity index (χ3n) is 4.23. The number of hydrogen-bond donors (Lipinski definition) is 0. The van der Waals surface area contributed by atoms with Crippen molar-refractivity contribution in [2.24, 2.45) is 0 Å². The number of fused-ring (bicyclic) bond motifs is 1. The number of thiazole rings is 1. The van der Waals surface area contributed by atoms with Crippen LogP contribution < -0.4 is 0 Å².